The van der Waals surface area contributed by atoms with E-state index in [1.165, 1.54) is 107 Å². The van der Waals surface area contributed by atoms with E-state index in [2.05, 4.69) is 351 Å². The van der Waals surface area contributed by atoms with Gasteiger partial charge in [0.2, 0.25) is 0 Å². The van der Waals surface area contributed by atoms with Crippen LogP contribution in [0.15, 0.2) is 361 Å². The van der Waals surface area contributed by atoms with E-state index >= 15 is 0 Å². The van der Waals surface area contributed by atoms with Gasteiger partial charge in [-0.15, -0.1) is 22.7 Å². The minimum atomic E-state index is -0.0128. The smallest absolute Gasteiger partial charge is 0.143 e. The van der Waals surface area contributed by atoms with Crippen LogP contribution in [0.1, 0.15) is 25.0 Å². The lowest BCUT2D eigenvalue weighted by Gasteiger charge is -2.22. The van der Waals surface area contributed by atoms with Crippen LogP contribution in [0.3, 0.4) is 0 Å². The Labute approximate surface area is 610 Å². The number of furan rings is 2. The van der Waals surface area contributed by atoms with Crippen molar-refractivity contribution in [3.8, 4) is 55.6 Å². The summed E-state index contributed by atoms with van der Waals surface area (Å²) < 4.78 is 18.0. The van der Waals surface area contributed by atoms with Gasteiger partial charge >= 0.3 is 0 Å². The van der Waals surface area contributed by atoms with Gasteiger partial charge in [-0.2, -0.15) is 0 Å². The minimum absolute atomic E-state index is 0.0128. The Morgan fingerprint density at radius 1 is 0.260 bits per heavy atom. The van der Waals surface area contributed by atoms with Crippen LogP contribution in [0.5, 0.6) is 0 Å². The molecule has 0 bridgehead atoms. The average molecular weight is 1370 g/mol. The maximum Gasteiger partial charge on any atom is 0.143 e. The lowest BCUT2D eigenvalue weighted by Crippen LogP contribution is -2.14. The second-order valence-corrected chi connectivity index (χ2v) is 29.4. The van der Waals surface area contributed by atoms with Crippen molar-refractivity contribution < 1.29 is 8.83 Å². The van der Waals surface area contributed by atoms with Gasteiger partial charge in [0, 0.05) is 119 Å². The number of nitrogens with one attached hydrogen (secondary N) is 3. The largest absolute Gasteiger partial charge is 0.456 e. The van der Waals surface area contributed by atoms with Crippen molar-refractivity contribution in [2.24, 2.45) is 0 Å². The van der Waals surface area contributed by atoms with Gasteiger partial charge in [0.15, 0.2) is 0 Å². The molecule has 0 atom stereocenters. The molecule has 0 radical (unpaired) electrons. The number of hydrogen-bond donors (Lipinski definition) is 3. The number of para-hydroxylation sites is 3. The molecule has 4 aromatic heterocycles. The van der Waals surface area contributed by atoms with Crippen LogP contribution in [0, 0.1) is 0 Å². The fourth-order valence-corrected chi connectivity index (χ4v) is 17.8. The van der Waals surface area contributed by atoms with E-state index in [9.17, 15) is 0 Å². The first-order valence-corrected chi connectivity index (χ1v) is 37.0. The minimum Gasteiger partial charge on any atom is -0.456 e. The van der Waals surface area contributed by atoms with Crippen LogP contribution in [-0.4, -0.2) is 0 Å². The molecule has 3 N–H and O–H groups in total. The molecule has 0 spiro atoms. The van der Waals surface area contributed by atoms with Crippen LogP contribution in [0.4, 0.5) is 34.1 Å². The highest BCUT2D eigenvalue weighted by atomic mass is 32.1. The zero-order valence-electron chi connectivity index (χ0n) is 57.1. The predicted octanol–water partition coefficient (Wildman–Crippen LogP) is 29.0. The number of benzene rings is 16. The number of thiophene rings is 2. The molecule has 0 fully saturated rings. The second-order valence-electron chi connectivity index (χ2n) is 27.3. The first kappa shape index (κ1) is 62.2. The van der Waals surface area contributed by atoms with E-state index in [-0.39, 0.29) is 5.41 Å². The van der Waals surface area contributed by atoms with Crippen molar-refractivity contribution in [1.29, 1.82) is 0 Å². The SMILES string of the molecule is CC1(C)c2ccccc2-c2ccc(-c3ccc(Nc4cc(-c5cccc6ccccc56)c5oc6ccccc6c5c4)cc3)cc21.c1ccc(-c2cc(Nc3ccc4sc5ccccc5c4c3)cc3oc4ccccc4c23)cc1.c1ccc(Nc2ccc3sc4ccccc4c3c2-c2ccccc2)cc1. The van der Waals surface area contributed by atoms with E-state index in [1.54, 1.807) is 0 Å². The van der Waals surface area contributed by atoms with Crippen molar-refractivity contribution in [1.82, 2.24) is 0 Å². The maximum atomic E-state index is 6.50. The molecule has 7 heteroatoms. The molecular formula is C97H67N3O2S2. The third-order valence-corrected chi connectivity index (χ3v) is 22.8. The molecule has 0 amide bonds. The Hall–Kier alpha value is -12.8. The summed E-state index contributed by atoms with van der Waals surface area (Å²) in [6.45, 7) is 4.67. The Balaban J connectivity index is 0.000000112. The lowest BCUT2D eigenvalue weighted by atomic mass is 9.81. The number of rotatable bonds is 10. The zero-order chi connectivity index (χ0) is 69.2. The molecule has 0 saturated carbocycles. The van der Waals surface area contributed by atoms with Crippen LogP contribution >= 0.6 is 22.7 Å². The van der Waals surface area contributed by atoms with E-state index in [0.29, 0.717) is 0 Å². The second kappa shape index (κ2) is 26.0. The van der Waals surface area contributed by atoms with Gasteiger partial charge in [-0.3, -0.25) is 0 Å². The quantitative estimate of drug-likeness (QED) is 0.127. The summed E-state index contributed by atoms with van der Waals surface area (Å²) in [5.74, 6) is 0. The highest BCUT2D eigenvalue weighted by molar-refractivity contribution is 7.26. The molecule has 494 valence electrons. The summed E-state index contributed by atoms with van der Waals surface area (Å²) in [7, 11) is 0. The van der Waals surface area contributed by atoms with Gasteiger partial charge < -0.3 is 24.8 Å². The van der Waals surface area contributed by atoms with Gasteiger partial charge in [-0.25, -0.2) is 0 Å². The van der Waals surface area contributed by atoms with Gasteiger partial charge in [-0.1, -0.05) is 257 Å². The maximum absolute atomic E-state index is 6.50. The molecule has 16 aromatic carbocycles. The lowest BCUT2D eigenvalue weighted by molar-refractivity contribution is 0.660. The third kappa shape index (κ3) is 11.3. The predicted molar refractivity (Wildman–Crippen MR) is 446 cm³/mol. The average Bonchev–Trinajstić information content (AvgIpc) is 1.61. The summed E-state index contributed by atoms with van der Waals surface area (Å²) >= 11 is 3.70. The van der Waals surface area contributed by atoms with Gasteiger partial charge in [0.1, 0.15) is 22.3 Å². The molecule has 0 saturated heterocycles. The molecule has 21 rings (SSSR count). The molecule has 4 heterocycles. The first-order chi connectivity index (χ1) is 51.3. The highest BCUT2D eigenvalue weighted by Gasteiger charge is 2.35. The standard InChI is InChI=1S/C43H31NO.C30H19NOS.C24H17NS/c1-43(2)39-16-7-5-13-34(39)35-23-20-29(24-40(35)43)27-18-21-30(22-19-27)44-31-25-37(33-15-9-11-28-10-3-4-12-32(28)33)42-38(26-31)36-14-6-8-17-41(36)45-42;1-2-8-19(9-3-1)24-17-21(18-27-30(24)23-11-4-6-12-26(23)32-27)31-20-14-15-29-25(16-20)22-10-5-7-13-28(22)33-29;1-3-9-17(10-4-1)23-20(25-18-11-5-2-6-12-18)15-16-22-24(23)19-13-7-8-14-21(19)26-22/h3-26,44H,1-2H3;1-18,31H;1-16,25H. The van der Waals surface area contributed by atoms with E-state index in [1.807, 2.05) is 53.0 Å². The molecule has 1 aliphatic carbocycles. The summed E-state index contributed by atoms with van der Waals surface area (Å²) in [4.78, 5) is 0. The van der Waals surface area contributed by atoms with Gasteiger partial charge in [0.25, 0.3) is 0 Å². The monoisotopic (exact) mass is 1370 g/mol. The van der Waals surface area contributed by atoms with Crippen LogP contribution < -0.4 is 16.0 Å². The molecule has 0 unspecified atom stereocenters. The Kier molecular flexibility index (Phi) is 15.6. The fraction of sp³-hybridized carbons (Fsp3) is 0.0309. The highest BCUT2D eigenvalue weighted by Crippen LogP contribution is 2.51. The molecule has 0 aliphatic heterocycles. The Morgan fingerprint density at radius 3 is 1.60 bits per heavy atom. The normalized spacial score (nSPS) is 12.2. The number of hydrogen-bond acceptors (Lipinski definition) is 7. The van der Waals surface area contributed by atoms with E-state index in [0.717, 1.165) is 89.1 Å². The summed E-state index contributed by atoms with van der Waals surface area (Å²) in [5.41, 5.74) is 25.1. The molecule has 5 nitrogen and oxygen atoms in total. The summed E-state index contributed by atoms with van der Waals surface area (Å²) in [5, 5.41) is 23.2. The van der Waals surface area contributed by atoms with Crippen molar-refractivity contribution in [2.75, 3.05) is 16.0 Å². The Bertz CT molecular complexity index is 6660. The number of anilines is 6. The topological polar surface area (TPSA) is 62.4 Å². The van der Waals surface area contributed by atoms with Gasteiger partial charge in [0.05, 0.1) is 0 Å². The molecule has 20 aromatic rings. The third-order valence-electron chi connectivity index (χ3n) is 20.5. The van der Waals surface area contributed by atoms with Crippen molar-refractivity contribution in [2.45, 2.75) is 19.3 Å². The zero-order valence-corrected chi connectivity index (χ0v) is 58.8. The molecule has 1 aliphatic rings. The number of fused-ring (bicyclic) bond motifs is 16. The van der Waals surface area contributed by atoms with Crippen LogP contribution in [0.2, 0.25) is 0 Å². The van der Waals surface area contributed by atoms with E-state index < -0.39 is 0 Å². The van der Waals surface area contributed by atoms with Crippen molar-refractivity contribution in [3.05, 3.63) is 363 Å². The summed E-state index contributed by atoms with van der Waals surface area (Å²) in [6, 6.07) is 125. The van der Waals surface area contributed by atoms with Crippen molar-refractivity contribution >= 4 is 152 Å². The van der Waals surface area contributed by atoms with Crippen LogP contribution in [0.25, 0.3) is 151 Å². The van der Waals surface area contributed by atoms with Crippen LogP contribution in [-0.2, 0) is 5.41 Å². The first-order valence-electron chi connectivity index (χ1n) is 35.3. The molecule has 104 heavy (non-hydrogen) atoms. The fourth-order valence-electron chi connectivity index (χ4n) is 15.6. The van der Waals surface area contributed by atoms with E-state index in [4.69, 9.17) is 8.83 Å². The van der Waals surface area contributed by atoms with Gasteiger partial charge in [-0.05, 0) is 170 Å². The van der Waals surface area contributed by atoms with Crippen molar-refractivity contribution in [3.63, 3.8) is 0 Å². The summed E-state index contributed by atoms with van der Waals surface area (Å²) in [6.07, 6.45) is 0. The Morgan fingerprint density at radius 2 is 0.798 bits per heavy atom. The molecular weight excluding hydrogens is 1300 g/mol.